The van der Waals surface area contributed by atoms with Crippen molar-refractivity contribution in [2.24, 2.45) is 16.8 Å². The van der Waals surface area contributed by atoms with E-state index in [1.165, 1.54) is 18.4 Å². The summed E-state index contributed by atoms with van der Waals surface area (Å²) >= 11 is 0. The Morgan fingerprint density at radius 1 is 1.50 bits per heavy atom. The van der Waals surface area contributed by atoms with E-state index in [1.54, 1.807) is 0 Å². The average Bonchev–Trinajstić information content (AvgIpc) is 3.03. The summed E-state index contributed by atoms with van der Waals surface area (Å²) in [7, 11) is 1.87. The van der Waals surface area contributed by atoms with Gasteiger partial charge in [0.2, 0.25) is 0 Å². The summed E-state index contributed by atoms with van der Waals surface area (Å²) in [6.45, 7) is 10.7. The van der Waals surface area contributed by atoms with Crippen LogP contribution in [0.15, 0.2) is 17.4 Å². The Morgan fingerprint density at radius 3 is 2.86 bits per heavy atom. The number of halogens is 1. The second-order valence-corrected chi connectivity index (χ2v) is 6.49. The minimum Gasteiger partial charge on any atom is -0.354 e. The van der Waals surface area contributed by atoms with Crippen LogP contribution >= 0.6 is 24.0 Å². The molecule has 1 N–H and O–H groups in total. The van der Waals surface area contributed by atoms with Gasteiger partial charge in [0.1, 0.15) is 0 Å². The molecule has 0 aliphatic carbocycles. The topological polar surface area (TPSA) is 45.5 Å². The molecule has 22 heavy (non-hydrogen) atoms. The van der Waals surface area contributed by atoms with Crippen LogP contribution in [-0.4, -0.2) is 47.3 Å². The number of aryl methyl sites for hydroxylation is 1. The third-order valence-electron chi connectivity index (χ3n) is 3.99. The van der Waals surface area contributed by atoms with Gasteiger partial charge in [-0.15, -0.1) is 24.0 Å². The molecular weight excluding hydrogens is 389 g/mol. The van der Waals surface area contributed by atoms with Crippen molar-refractivity contribution in [2.45, 2.75) is 40.2 Å². The molecule has 0 amide bonds. The first-order valence-corrected chi connectivity index (χ1v) is 8.03. The number of rotatable bonds is 5. The van der Waals surface area contributed by atoms with Gasteiger partial charge in [-0.1, -0.05) is 13.8 Å². The van der Waals surface area contributed by atoms with E-state index < -0.39 is 0 Å². The highest BCUT2D eigenvalue weighted by molar-refractivity contribution is 14.0. The average molecular weight is 419 g/mol. The molecule has 1 atom stereocenters. The second kappa shape index (κ2) is 9.37. The van der Waals surface area contributed by atoms with Gasteiger partial charge in [-0.05, 0) is 37.2 Å². The van der Waals surface area contributed by atoms with Gasteiger partial charge in [0, 0.05) is 32.9 Å². The van der Waals surface area contributed by atoms with Gasteiger partial charge < -0.3 is 10.2 Å². The van der Waals surface area contributed by atoms with Crippen molar-refractivity contribution in [1.82, 2.24) is 20.0 Å². The molecule has 1 aliphatic rings. The van der Waals surface area contributed by atoms with E-state index in [-0.39, 0.29) is 24.0 Å². The Balaban J connectivity index is 0.00000242. The molecule has 6 heteroatoms. The highest BCUT2D eigenvalue weighted by atomic mass is 127. The Kier molecular flexibility index (Phi) is 8.20. The molecule has 1 aromatic heterocycles. The van der Waals surface area contributed by atoms with Crippen LogP contribution in [0.2, 0.25) is 0 Å². The Hall–Kier alpha value is -0.790. The SMILES string of the molecule is CN=C(NCCn1cc(C)cn1)N1CCC(CC(C)C)C1.I. The molecule has 5 nitrogen and oxygen atoms in total. The van der Waals surface area contributed by atoms with E-state index in [4.69, 9.17) is 0 Å². The molecule has 126 valence electrons. The number of nitrogens with one attached hydrogen (secondary N) is 1. The number of hydrogen-bond acceptors (Lipinski definition) is 2. The summed E-state index contributed by atoms with van der Waals surface area (Å²) in [5, 5.41) is 7.76. The maximum Gasteiger partial charge on any atom is 0.193 e. The normalized spacial score (nSPS) is 18.7. The lowest BCUT2D eigenvalue weighted by Crippen LogP contribution is -2.41. The molecular formula is C16H30IN5. The highest BCUT2D eigenvalue weighted by Crippen LogP contribution is 2.23. The zero-order valence-electron chi connectivity index (χ0n) is 14.2. The Morgan fingerprint density at radius 2 is 2.27 bits per heavy atom. The molecule has 0 aromatic carbocycles. The zero-order valence-corrected chi connectivity index (χ0v) is 16.6. The van der Waals surface area contributed by atoms with Crippen molar-refractivity contribution in [3.8, 4) is 0 Å². The predicted octanol–water partition coefficient (Wildman–Crippen LogP) is 2.75. The minimum absolute atomic E-state index is 0. The van der Waals surface area contributed by atoms with Gasteiger partial charge in [-0.3, -0.25) is 9.67 Å². The van der Waals surface area contributed by atoms with Gasteiger partial charge in [0.05, 0.1) is 12.7 Å². The summed E-state index contributed by atoms with van der Waals surface area (Å²) in [6.07, 6.45) is 6.57. The lowest BCUT2D eigenvalue weighted by Gasteiger charge is -2.22. The Labute approximate surface area is 151 Å². The minimum atomic E-state index is 0. The first kappa shape index (κ1) is 19.3. The van der Waals surface area contributed by atoms with Crippen LogP contribution < -0.4 is 5.32 Å². The maximum atomic E-state index is 4.42. The molecule has 0 spiro atoms. The fourth-order valence-electron chi connectivity index (χ4n) is 3.09. The maximum absolute atomic E-state index is 4.42. The number of hydrogen-bond donors (Lipinski definition) is 1. The van der Waals surface area contributed by atoms with E-state index in [0.29, 0.717) is 0 Å². The molecule has 1 fully saturated rings. The molecule has 2 rings (SSSR count). The molecule has 1 aromatic rings. The number of aliphatic imine (C=N–C) groups is 1. The summed E-state index contributed by atoms with van der Waals surface area (Å²) in [4.78, 5) is 6.81. The first-order chi connectivity index (χ1) is 10.1. The molecule has 1 unspecified atom stereocenters. The first-order valence-electron chi connectivity index (χ1n) is 8.03. The van der Waals surface area contributed by atoms with Gasteiger partial charge in [-0.2, -0.15) is 5.10 Å². The molecule has 0 bridgehead atoms. The Bertz CT molecular complexity index is 469. The summed E-state index contributed by atoms with van der Waals surface area (Å²) in [5.41, 5.74) is 1.20. The van der Waals surface area contributed by atoms with E-state index in [9.17, 15) is 0 Å². The van der Waals surface area contributed by atoms with Gasteiger partial charge in [-0.25, -0.2) is 0 Å². The second-order valence-electron chi connectivity index (χ2n) is 6.49. The van der Waals surface area contributed by atoms with Gasteiger partial charge in [0.25, 0.3) is 0 Å². The fourth-order valence-corrected chi connectivity index (χ4v) is 3.09. The highest BCUT2D eigenvalue weighted by Gasteiger charge is 2.25. The number of guanidine groups is 1. The van der Waals surface area contributed by atoms with Crippen LogP contribution in [-0.2, 0) is 6.54 Å². The monoisotopic (exact) mass is 419 g/mol. The third kappa shape index (κ3) is 5.78. The summed E-state index contributed by atoms with van der Waals surface area (Å²) in [5.74, 6) is 2.63. The lowest BCUT2D eigenvalue weighted by atomic mass is 9.97. The van der Waals surface area contributed by atoms with Crippen LogP contribution in [0.3, 0.4) is 0 Å². The van der Waals surface area contributed by atoms with Crippen LogP contribution in [0, 0.1) is 18.8 Å². The quantitative estimate of drug-likeness (QED) is 0.454. The van der Waals surface area contributed by atoms with Crippen molar-refractivity contribution in [2.75, 3.05) is 26.7 Å². The fraction of sp³-hybridized carbons (Fsp3) is 0.750. The number of aromatic nitrogens is 2. The van der Waals surface area contributed by atoms with E-state index >= 15 is 0 Å². The van der Waals surface area contributed by atoms with Crippen molar-refractivity contribution in [3.05, 3.63) is 18.0 Å². The zero-order chi connectivity index (χ0) is 15.2. The van der Waals surface area contributed by atoms with Crippen LogP contribution in [0.5, 0.6) is 0 Å². The summed E-state index contributed by atoms with van der Waals surface area (Å²) in [6, 6.07) is 0. The lowest BCUT2D eigenvalue weighted by molar-refractivity contribution is 0.402. The van der Waals surface area contributed by atoms with Crippen molar-refractivity contribution in [3.63, 3.8) is 0 Å². The molecule has 2 heterocycles. The van der Waals surface area contributed by atoms with Gasteiger partial charge in [0.15, 0.2) is 5.96 Å². The van der Waals surface area contributed by atoms with E-state index in [1.807, 2.05) is 17.9 Å². The molecule has 0 saturated carbocycles. The van der Waals surface area contributed by atoms with Gasteiger partial charge >= 0.3 is 0 Å². The van der Waals surface area contributed by atoms with Crippen molar-refractivity contribution in [1.29, 1.82) is 0 Å². The summed E-state index contributed by atoms with van der Waals surface area (Å²) < 4.78 is 1.97. The van der Waals surface area contributed by atoms with E-state index in [2.05, 4.69) is 47.3 Å². The van der Waals surface area contributed by atoms with Crippen molar-refractivity contribution >= 4 is 29.9 Å². The third-order valence-corrected chi connectivity index (χ3v) is 3.99. The van der Waals surface area contributed by atoms with E-state index in [0.717, 1.165) is 44.0 Å². The standard InChI is InChI=1S/C16H29N5.HI/c1-13(2)9-15-5-7-20(12-15)16(17-4)18-6-8-21-11-14(3)10-19-21;/h10-11,13,15H,5-9,12H2,1-4H3,(H,17,18);1H. The van der Waals surface area contributed by atoms with Crippen molar-refractivity contribution < 1.29 is 0 Å². The van der Waals surface area contributed by atoms with Crippen LogP contribution in [0.25, 0.3) is 0 Å². The van der Waals surface area contributed by atoms with Crippen LogP contribution in [0.1, 0.15) is 32.3 Å². The number of likely N-dealkylation sites (tertiary alicyclic amines) is 1. The smallest absolute Gasteiger partial charge is 0.193 e. The predicted molar refractivity (Wildman–Crippen MR) is 103 cm³/mol. The molecule has 0 radical (unpaired) electrons. The number of nitrogens with zero attached hydrogens (tertiary/aromatic N) is 4. The molecule has 1 aliphatic heterocycles. The largest absolute Gasteiger partial charge is 0.354 e. The molecule has 1 saturated heterocycles. The van der Waals surface area contributed by atoms with Crippen LogP contribution in [0.4, 0.5) is 0 Å².